The van der Waals surface area contributed by atoms with Gasteiger partial charge in [-0.05, 0) is 25.8 Å². The van der Waals surface area contributed by atoms with E-state index >= 15 is 0 Å². The van der Waals surface area contributed by atoms with Gasteiger partial charge in [-0.3, -0.25) is 0 Å². The predicted octanol–water partition coefficient (Wildman–Crippen LogP) is 3.23. The summed E-state index contributed by atoms with van der Waals surface area (Å²) in [6.45, 7) is 7.34. The predicted molar refractivity (Wildman–Crippen MR) is 81.8 cm³/mol. The summed E-state index contributed by atoms with van der Waals surface area (Å²) < 4.78 is 7.54. The fraction of sp³-hybridized carbons (Fsp3) is 0.438. The third kappa shape index (κ3) is 4.38. The quantitative estimate of drug-likeness (QED) is 0.751. The second-order valence-electron chi connectivity index (χ2n) is 4.79. The molecule has 108 valence electrons. The fourth-order valence-electron chi connectivity index (χ4n) is 2.12. The molecule has 1 N–H and O–H groups in total. The molecule has 0 aliphatic rings. The minimum absolute atomic E-state index is 0.780. The highest BCUT2D eigenvalue weighted by molar-refractivity contribution is 5.31. The monoisotopic (exact) mass is 273 g/mol. The van der Waals surface area contributed by atoms with Gasteiger partial charge in [0.25, 0.3) is 0 Å². The van der Waals surface area contributed by atoms with E-state index < -0.39 is 0 Å². The second kappa shape index (κ2) is 7.70. The van der Waals surface area contributed by atoms with Crippen molar-refractivity contribution < 1.29 is 4.74 Å². The van der Waals surface area contributed by atoms with Crippen LogP contribution in [0.25, 0.3) is 0 Å². The molecule has 0 amide bonds. The highest BCUT2D eigenvalue weighted by atomic mass is 16.5. The van der Waals surface area contributed by atoms with Crippen LogP contribution in [-0.2, 0) is 17.8 Å². The minimum Gasteiger partial charge on any atom is -0.382 e. The van der Waals surface area contributed by atoms with Crippen LogP contribution in [0.15, 0.2) is 36.5 Å². The smallest absolute Gasteiger partial charge is 0.203 e. The Hall–Kier alpha value is -1.81. The summed E-state index contributed by atoms with van der Waals surface area (Å²) >= 11 is 0. The fourth-order valence-corrected chi connectivity index (χ4v) is 2.12. The lowest BCUT2D eigenvalue weighted by molar-refractivity contribution is 0.142. The standard InChI is InChI=1S/C16H23N3O/c1-3-20-11-7-10-19-13-14(2)18-16(19)17-12-15-8-5-4-6-9-15/h4-6,8-9,13H,3,7,10-12H2,1-2H3,(H,17,18). The number of nitrogens with one attached hydrogen (secondary N) is 1. The van der Waals surface area contributed by atoms with Gasteiger partial charge in [0.1, 0.15) is 0 Å². The van der Waals surface area contributed by atoms with Gasteiger partial charge in [0.05, 0.1) is 5.69 Å². The van der Waals surface area contributed by atoms with Crippen molar-refractivity contribution >= 4 is 5.95 Å². The average molecular weight is 273 g/mol. The molecular formula is C16H23N3O. The molecule has 2 rings (SSSR count). The van der Waals surface area contributed by atoms with Gasteiger partial charge >= 0.3 is 0 Å². The summed E-state index contributed by atoms with van der Waals surface area (Å²) in [6, 6.07) is 10.4. The average Bonchev–Trinajstić information content (AvgIpc) is 2.83. The summed E-state index contributed by atoms with van der Waals surface area (Å²) in [5.41, 5.74) is 2.30. The molecule has 0 radical (unpaired) electrons. The highest BCUT2D eigenvalue weighted by Gasteiger charge is 2.05. The Bertz CT molecular complexity index is 508. The van der Waals surface area contributed by atoms with E-state index in [-0.39, 0.29) is 0 Å². The van der Waals surface area contributed by atoms with E-state index in [9.17, 15) is 0 Å². The maximum atomic E-state index is 5.38. The van der Waals surface area contributed by atoms with Crippen molar-refractivity contribution in [3.63, 3.8) is 0 Å². The maximum Gasteiger partial charge on any atom is 0.203 e. The van der Waals surface area contributed by atoms with Crippen LogP contribution in [0.5, 0.6) is 0 Å². The topological polar surface area (TPSA) is 39.1 Å². The summed E-state index contributed by atoms with van der Waals surface area (Å²) in [6.07, 6.45) is 3.09. The Kier molecular flexibility index (Phi) is 5.62. The summed E-state index contributed by atoms with van der Waals surface area (Å²) in [4.78, 5) is 4.54. The molecular weight excluding hydrogens is 250 g/mol. The molecule has 0 aliphatic carbocycles. The molecule has 0 atom stereocenters. The molecule has 0 bridgehead atoms. The van der Waals surface area contributed by atoms with E-state index in [0.29, 0.717) is 0 Å². The largest absolute Gasteiger partial charge is 0.382 e. The van der Waals surface area contributed by atoms with Gasteiger partial charge in [0.15, 0.2) is 0 Å². The molecule has 0 fully saturated rings. The van der Waals surface area contributed by atoms with Crippen LogP contribution in [-0.4, -0.2) is 22.8 Å². The van der Waals surface area contributed by atoms with E-state index in [2.05, 4.69) is 45.3 Å². The zero-order valence-electron chi connectivity index (χ0n) is 12.3. The number of hydrogen-bond donors (Lipinski definition) is 1. The number of ether oxygens (including phenoxy) is 1. The van der Waals surface area contributed by atoms with Crippen LogP contribution < -0.4 is 5.32 Å². The van der Waals surface area contributed by atoms with Crippen LogP contribution in [0.4, 0.5) is 5.95 Å². The Morgan fingerprint density at radius 3 is 2.80 bits per heavy atom. The number of nitrogens with zero attached hydrogens (tertiary/aromatic N) is 2. The van der Waals surface area contributed by atoms with Gasteiger partial charge in [-0.15, -0.1) is 0 Å². The van der Waals surface area contributed by atoms with Crippen molar-refractivity contribution in [1.29, 1.82) is 0 Å². The van der Waals surface area contributed by atoms with Gasteiger partial charge in [0, 0.05) is 32.5 Å². The zero-order chi connectivity index (χ0) is 14.2. The molecule has 0 unspecified atom stereocenters. The molecule has 0 saturated heterocycles. The number of aromatic nitrogens is 2. The van der Waals surface area contributed by atoms with Crippen LogP contribution in [0, 0.1) is 6.92 Å². The van der Waals surface area contributed by atoms with E-state index in [1.807, 2.05) is 19.9 Å². The lowest BCUT2D eigenvalue weighted by atomic mass is 10.2. The SMILES string of the molecule is CCOCCCn1cc(C)nc1NCc1ccccc1. The van der Waals surface area contributed by atoms with Crippen molar-refractivity contribution in [2.75, 3.05) is 18.5 Å². The van der Waals surface area contributed by atoms with Crippen LogP contribution in [0.2, 0.25) is 0 Å². The number of benzene rings is 1. The molecule has 0 saturated carbocycles. The number of anilines is 1. The summed E-state index contributed by atoms with van der Waals surface area (Å²) in [5.74, 6) is 0.933. The molecule has 0 aliphatic heterocycles. The van der Waals surface area contributed by atoms with Gasteiger partial charge in [-0.1, -0.05) is 30.3 Å². The third-order valence-electron chi connectivity index (χ3n) is 3.08. The lowest BCUT2D eigenvalue weighted by Gasteiger charge is -2.09. The van der Waals surface area contributed by atoms with Gasteiger partial charge < -0.3 is 14.6 Å². The molecule has 0 spiro atoms. The van der Waals surface area contributed by atoms with E-state index in [4.69, 9.17) is 4.74 Å². The lowest BCUT2D eigenvalue weighted by Crippen LogP contribution is -2.08. The Morgan fingerprint density at radius 1 is 1.25 bits per heavy atom. The Labute approximate surface area is 120 Å². The molecule has 2 aromatic rings. The van der Waals surface area contributed by atoms with Crippen LogP contribution in [0.3, 0.4) is 0 Å². The van der Waals surface area contributed by atoms with Crippen molar-refractivity contribution in [2.24, 2.45) is 0 Å². The summed E-state index contributed by atoms with van der Waals surface area (Å²) in [5, 5.41) is 3.40. The third-order valence-corrected chi connectivity index (χ3v) is 3.08. The Morgan fingerprint density at radius 2 is 2.05 bits per heavy atom. The molecule has 4 heteroatoms. The summed E-state index contributed by atoms with van der Waals surface area (Å²) in [7, 11) is 0. The highest BCUT2D eigenvalue weighted by Crippen LogP contribution is 2.11. The normalized spacial score (nSPS) is 10.7. The van der Waals surface area contributed by atoms with E-state index in [1.54, 1.807) is 0 Å². The second-order valence-corrected chi connectivity index (χ2v) is 4.79. The number of aryl methyl sites for hydroxylation is 2. The first-order chi connectivity index (χ1) is 9.79. The number of rotatable bonds is 8. The number of imidazole rings is 1. The molecule has 20 heavy (non-hydrogen) atoms. The zero-order valence-corrected chi connectivity index (χ0v) is 12.3. The van der Waals surface area contributed by atoms with E-state index in [0.717, 1.165) is 44.4 Å². The number of hydrogen-bond acceptors (Lipinski definition) is 3. The first kappa shape index (κ1) is 14.6. The maximum absolute atomic E-state index is 5.38. The van der Waals surface area contributed by atoms with Crippen LogP contribution in [0.1, 0.15) is 24.6 Å². The molecule has 1 aromatic carbocycles. The van der Waals surface area contributed by atoms with Crippen LogP contribution >= 0.6 is 0 Å². The van der Waals surface area contributed by atoms with Gasteiger partial charge in [0.2, 0.25) is 5.95 Å². The molecule has 1 aromatic heterocycles. The van der Waals surface area contributed by atoms with E-state index in [1.165, 1.54) is 5.56 Å². The van der Waals surface area contributed by atoms with Crippen molar-refractivity contribution in [3.8, 4) is 0 Å². The van der Waals surface area contributed by atoms with Gasteiger partial charge in [-0.2, -0.15) is 0 Å². The first-order valence-corrected chi connectivity index (χ1v) is 7.19. The van der Waals surface area contributed by atoms with Crippen molar-refractivity contribution in [1.82, 2.24) is 9.55 Å². The first-order valence-electron chi connectivity index (χ1n) is 7.19. The molecule has 1 heterocycles. The minimum atomic E-state index is 0.780. The van der Waals surface area contributed by atoms with Crippen molar-refractivity contribution in [3.05, 3.63) is 47.8 Å². The van der Waals surface area contributed by atoms with Gasteiger partial charge in [-0.25, -0.2) is 4.98 Å². The Balaban J connectivity index is 1.90. The van der Waals surface area contributed by atoms with Crippen molar-refractivity contribution in [2.45, 2.75) is 33.4 Å². The molecule has 4 nitrogen and oxygen atoms in total.